The normalized spacial score (nSPS) is 11.2. The number of amides is 1. The molecule has 9 heteroatoms. The summed E-state index contributed by atoms with van der Waals surface area (Å²) in [6.07, 6.45) is 2.97. The third kappa shape index (κ3) is 5.62. The number of rotatable bonds is 7. The topological polar surface area (TPSA) is 73.0 Å². The molecule has 0 spiro atoms. The van der Waals surface area contributed by atoms with Crippen LogP contribution in [0.15, 0.2) is 76.3 Å². The van der Waals surface area contributed by atoms with Crippen LogP contribution >= 0.6 is 35.0 Å². The van der Waals surface area contributed by atoms with Crippen LogP contribution in [-0.2, 0) is 10.5 Å². The van der Waals surface area contributed by atoms with E-state index in [1.54, 1.807) is 48.0 Å². The SMILES string of the molecule is Cc1nnc(SCc2ccccc2)n1NC(=O)/C=C/c1ccc(-c2cc(Cl)cc(Cl)c2)o1. The van der Waals surface area contributed by atoms with E-state index in [0.29, 0.717) is 38.3 Å². The predicted octanol–water partition coefficient (Wildman–Crippen LogP) is 6.23. The van der Waals surface area contributed by atoms with E-state index in [1.807, 2.05) is 30.3 Å². The molecule has 1 N–H and O–H groups in total. The molecule has 0 fully saturated rings. The van der Waals surface area contributed by atoms with Crippen LogP contribution in [0.4, 0.5) is 0 Å². The number of carbonyl (C=O) groups is 1. The molecule has 2 heterocycles. The first-order valence-corrected chi connectivity index (χ1v) is 11.4. The van der Waals surface area contributed by atoms with Crippen molar-refractivity contribution in [3.05, 3.63) is 93.9 Å². The summed E-state index contributed by atoms with van der Waals surface area (Å²) in [5.74, 6) is 2.08. The van der Waals surface area contributed by atoms with Crippen LogP contribution in [0, 0.1) is 6.92 Å². The van der Waals surface area contributed by atoms with Gasteiger partial charge < -0.3 is 4.42 Å². The minimum Gasteiger partial charge on any atom is -0.457 e. The fourth-order valence-corrected chi connectivity index (χ4v) is 4.31. The molecule has 0 radical (unpaired) electrons. The molecule has 32 heavy (non-hydrogen) atoms. The summed E-state index contributed by atoms with van der Waals surface area (Å²) in [7, 11) is 0. The molecule has 2 aromatic carbocycles. The maximum atomic E-state index is 12.5. The average molecular weight is 485 g/mol. The van der Waals surface area contributed by atoms with Gasteiger partial charge in [0.15, 0.2) is 0 Å². The average Bonchev–Trinajstić information content (AvgIpc) is 3.38. The van der Waals surface area contributed by atoms with Gasteiger partial charge in [0, 0.05) is 27.4 Å². The van der Waals surface area contributed by atoms with Gasteiger partial charge in [-0.15, -0.1) is 10.2 Å². The molecular formula is C23H18Cl2N4O2S. The number of nitrogens with one attached hydrogen (secondary N) is 1. The van der Waals surface area contributed by atoms with Crippen molar-refractivity contribution in [1.29, 1.82) is 0 Å². The number of carbonyl (C=O) groups excluding carboxylic acids is 1. The van der Waals surface area contributed by atoms with Gasteiger partial charge in [-0.1, -0.05) is 65.3 Å². The fourth-order valence-electron chi connectivity index (χ4n) is 2.89. The first kappa shape index (κ1) is 22.2. The number of benzene rings is 2. The largest absolute Gasteiger partial charge is 0.457 e. The zero-order valence-corrected chi connectivity index (χ0v) is 19.3. The highest BCUT2D eigenvalue weighted by Crippen LogP contribution is 2.29. The molecule has 4 aromatic rings. The highest BCUT2D eigenvalue weighted by Gasteiger charge is 2.12. The van der Waals surface area contributed by atoms with Crippen molar-refractivity contribution in [3.63, 3.8) is 0 Å². The van der Waals surface area contributed by atoms with Crippen molar-refractivity contribution in [2.75, 3.05) is 5.43 Å². The third-order valence-corrected chi connectivity index (χ3v) is 5.84. The van der Waals surface area contributed by atoms with Gasteiger partial charge in [0.1, 0.15) is 17.3 Å². The second-order valence-electron chi connectivity index (χ2n) is 6.81. The lowest BCUT2D eigenvalue weighted by molar-refractivity contribution is -0.112. The van der Waals surface area contributed by atoms with Crippen LogP contribution in [0.1, 0.15) is 17.1 Å². The molecule has 0 saturated heterocycles. The molecule has 1 amide bonds. The van der Waals surface area contributed by atoms with Crippen LogP contribution in [-0.4, -0.2) is 20.8 Å². The number of aromatic nitrogens is 3. The maximum absolute atomic E-state index is 12.5. The van der Waals surface area contributed by atoms with E-state index in [0.717, 1.165) is 11.1 Å². The van der Waals surface area contributed by atoms with Crippen molar-refractivity contribution in [2.45, 2.75) is 17.8 Å². The summed E-state index contributed by atoms with van der Waals surface area (Å²) in [6.45, 7) is 1.78. The number of aryl methyl sites for hydroxylation is 1. The Bertz CT molecular complexity index is 1250. The minimum absolute atomic E-state index is 0.335. The molecule has 6 nitrogen and oxygen atoms in total. The standard InChI is InChI=1S/C23H18Cl2N4O2S/c1-15-26-27-23(32-14-16-5-3-2-4-6-16)29(15)28-22(30)10-8-20-7-9-21(31-20)17-11-18(24)13-19(25)12-17/h2-13H,14H2,1H3,(H,28,30)/b10-8+. The third-order valence-electron chi connectivity index (χ3n) is 4.40. The molecule has 0 saturated carbocycles. The first-order chi connectivity index (χ1) is 15.5. The summed E-state index contributed by atoms with van der Waals surface area (Å²) in [6, 6.07) is 18.7. The lowest BCUT2D eigenvalue weighted by Gasteiger charge is -2.08. The molecule has 0 aliphatic heterocycles. The number of furan rings is 1. The van der Waals surface area contributed by atoms with Crippen molar-refractivity contribution in [3.8, 4) is 11.3 Å². The molecule has 0 unspecified atom stereocenters. The highest BCUT2D eigenvalue weighted by atomic mass is 35.5. The Balaban J connectivity index is 1.41. The zero-order valence-electron chi connectivity index (χ0n) is 17.0. The molecule has 2 aromatic heterocycles. The van der Waals surface area contributed by atoms with Gasteiger partial charge in [-0.25, -0.2) is 4.68 Å². The van der Waals surface area contributed by atoms with E-state index in [4.69, 9.17) is 27.6 Å². The molecule has 0 atom stereocenters. The Labute approximate surface area is 199 Å². The summed E-state index contributed by atoms with van der Waals surface area (Å²) < 4.78 is 7.35. The Hall–Kier alpha value is -3.00. The summed E-state index contributed by atoms with van der Waals surface area (Å²) >= 11 is 13.6. The van der Waals surface area contributed by atoms with E-state index >= 15 is 0 Å². The van der Waals surface area contributed by atoms with E-state index in [9.17, 15) is 4.79 Å². The minimum atomic E-state index is -0.335. The van der Waals surface area contributed by atoms with Crippen molar-refractivity contribution in [2.24, 2.45) is 0 Å². The van der Waals surface area contributed by atoms with Crippen LogP contribution in [0.5, 0.6) is 0 Å². The second-order valence-corrected chi connectivity index (χ2v) is 8.62. The smallest absolute Gasteiger partial charge is 0.263 e. The van der Waals surface area contributed by atoms with E-state index in [-0.39, 0.29) is 5.91 Å². The van der Waals surface area contributed by atoms with Gasteiger partial charge in [-0.2, -0.15) is 0 Å². The zero-order chi connectivity index (χ0) is 22.5. The Morgan fingerprint density at radius 2 is 1.84 bits per heavy atom. The summed E-state index contributed by atoms with van der Waals surface area (Å²) in [4.78, 5) is 12.5. The lowest BCUT2D eigenvalue weighted by atomic mass is 10.2. The monoisotopic (exact) mass is 484 g/mol. The van der Waals surface area contributed by atoms with Crippen molar-refractivity contribution < 1.29 is 9.21 Å². The summed E-state index contributed by atoms with van der Waals surface area (Å²) in [5, 5.41) is 9.86. The molecule has 162 valence electrons. The number of hydrogen-bond donors (Lipinski definition) is 1. The Morgan fingerprint density at radius 3 is 2.59 bits per heavy atom. The quantitative estimate of drug-likeness (QED) is 0.248. The van der Waals surface area contributed by atoms with E-state index in [2.05, 4.69) is 15.6 Å². The summed E-state index contributed by atoms with van der Waals surface area (Å²) in [5.41, 5.74) is 4.70. The van der Waals surface area contributed by atoms with E-state index < -0.39 is 0 Å². The fraction of sp³-hybridized carbons (Fsp3) is 0.0870. The van der Waals surface area contributed by atoms with Crippen molar-refractivity contribution >= 4 is 46.9 Å². The molecule has 0 aliphatic rings. The molecule has 4 rings (SSSR count). The maximum Gasteiger partial charge on any atom is 0.263 e. The van der Waals surface area contributed by atoms with E-state index in [1.165, 1.54) is 17.8 Å². The first-order valence-electron chi connectivity index (χ1n) is 9.62. The molecule has 0 bridgehead atoms. The number of thioether (sulfide) groups is 1. The Morgan fingerprint density at radius 1 is 1.09 bits per heavy atom. The van der Waals surface area contributed by atoms with Crippen LogP contribution in [0.25, 0.3) is 17.4 Å². The highest BCUT2D eigenvalue weighted by molar-refractivity contribution is 7.98. The van der Waals surface area contributed by atoms with Gasteiger partial charge in [-0.05, 0) is 48.9 Å². The number of hydrogen-bond acceptors (Lipinski definition) is 5. The van der Waals surface area contributed by atoms with Gasteiger partial charge in [0.2, 0.25) is 5.16 Å². The van der Waals surface area contributed by atoms with Gasteiger partial charge >= 0.3 is 0 Å². The Kier molecular flexibility index (Phi) is 6.99. The van der Waals surface area contributed by atoms with Gasteiger partial charge in [0.25, 0.3) is 5.91 Å². The number of halogens is 2. The number of nitrogens with zero attached hydrogens (tertiary/aromatic N) is 3. The van der Waals surface area contributed by atoms with Crippen LogP contribution < -0.4 is 5.43 Å². The molecule has 0 aliphatic carbocycles. The predicted molar refractivity (Wildman–Crippen MR) is 128 cm³/mol. The second kappa shape index (κ2) is 10.1. The van der Waals surface area contributed by atoms with Crippen LogP contribution in [0.3, 0.4) is 0 Å². The molecular weight excluding hydrogens is 467 g/mol. The van der Waals surface area contributed by atoms with Crippen LogP contribution in [0.2, 0.25) is 10.0 Å². The van der Waals surface area contributed by atoms with Gasteiger partial charge in [-0.3, -0.25) is 10.2 Å². The van der Waals surface area contributed by atoms with Crippen molar-refractivity contribution in [1.82, 2.24) is 14.9 Å². The lowest BCUT2D eigenvalue weighted by Crippen LogP contribution is -2.22. The van der Waals surface area contributed by atoms with Gasteiger partial charge in [0.05, 0.1) is 0 Å².